The Kier molecular flexibility index (Phi) is 3.19. The highest BCUT2D eigenvalue weighted by Gasteiger charge is 2.19. The van der Waals surface area contributed by atoms with Crippen LogP contribution in [0.2, 0.25) is 0 Å². The van der Waals surface area contributed by atoms with Crippen molar-refractivity contribution in [2.45, 2.75) is 20.3 Å². The van der Waals surface area contributed by atoms with Crippen molar-refractivity contribution in [1.82, 2.24) is 0 Å². The first-order chi connectivity index (χ1) is 6.99. The molecule has 0 amide bonds. The van der Waals surface area contributed by atoms with E-state index in [9.17, 15) is 14.0 Å². The van der Waals surface area contributed by atoms with Crippen molar-refractivity contribution in [3.63, 3.8) is 0 Å². The van der Waals surface area contributed by atoms with Gasteiger partial charge in [-0.1, -0.05) is 6.92 Å². The van der Waals surface area contributed by atoms with Gasteiger partial charge in [0.1, 0.15) is 5.82 Å². The molecule has 15 heavy (non-hydrogen) atoms. The van der Waals surface area contributed by atoms with Crippen LogP contribution in [0.1, 0.15) is 28.4 Å². The lowest BCUT2D eigenvalue weighted by molar-refractivity contribution is -0.131. The number of hydrogen-bond acceptors (Lipinski definition) is 2. The minimum Gasteiger partial charge on any atom is -0.475 e. The largest absolute Gasteiger partial charge is 0.475 e. The van der Waals surface area contributed by atoms with Crippen LogP contribution in [0.5, 0.6) is 0 Å². The van der Waals surface area contributed by atoms with Crippen LogP contribution in [0.25, 0.3) is 0 Å². The fraction of sp³-hybridized carbons (Fsp3) is 0.273. The van der Waals surface area contributed by atoms with Crippen molar-refractivity contribution in [2.24, 2.45) is 0 Å². The Hall–Kier alpha value is -1.71. The monoisotopic (exact) mass is 210 g/mol. The minimum absolute atomic E-state index is 0.0731. The smallest absolute Gasteiger partial charge is 0.377 e. The number of ketones is 1. The maximum absolute atomic E-state index is 13.2. The van der Waals surface area contributed by atoms with Gasteiger partial charge in [-0.15, -0.1) is 0 Å². The molecule has 0 heterocycles. The number of carbonyl (C=O) groups is 2. The summed E-state index contributed by atoms with van der Waals surface area (Å²) in [5.74, 6) is -2.93. The molecular weight excluding hydrogens is 199 g/mol. The van der Waals surface area contributed by atoms with E-state index in [1.165, 1.54) is 13.0 Å². The summed E-state index contributed by atoms with van der Waals surface area (Å²) in [6, 6.07) is 2.34. The third kappa shape index (κ3) is 2.03. The van der Waals surface area contributed by atoms with Crippen molar-refractivity contribution in [2.75, 3.05) is 0 Å². The number of hydrogen-bond donors (Lipinski definition) is 1. The molecule has 0 unspecified atom stereocenters. The van der Waals surface area contributed by atoms with Crippen molar-refractivity contribution >= 4 is 11.8 Å². The molecule has 1 aromatic rings. The summed E-state index contributed by atoms with van der Waals surface area (Å²) < 4.78 is 13.2. The molecule has 0 radical (unpaired) electrons. The first kappa shape index (κ1) is 11.4. The van der Waals surface area contributed by atoms with Crippen LogP contribution < -0.4 is 0 Å². The number of carbonyl (C=O) groups excluding carboxylic acids is 1. The van der Waals surface area contributed by atoms with Crippen molar-refractivity contribution in [1.29, 1.82) is 0 Å². The Bertz CT molecular complexity index is 424. The molecule has 1 aromatic carbocycles. The minimum atomic E-state index is -1.52. The molecule has 4 heteroatoms. The predicted octanol–water partition coefficient (Wildman–Crippen LogP) is 1.96. The summed E-state index contributed by atoms with van der Waals surface area (Å²) in [7, 11) is 0. The zero-order chi connectivity index (χ0) is 11.6. The highest BCUT2D eigenvalue weighted by atomic mass is 19.1. The molecule has 3 nitrogen and oxygen atoms in total. The molecule has 0 fully saturated rings. The normalized spacial score (nSPS) is 10.1. The Balaban J connectivity index is 3.37. The van der Waals surface area contributed by atoms with E-state index in [-0.39, 0.29) is 5.56 Å². The van der Waals surface area contributed by atoms with Gasteiger partial charge in [0, 0.05) is 5.56 Å². The second kappa shape index (κ2) is 4.21. The molecule has 0 bridgehead atoms. The molecule has 0 saturated heterocycles. The fourth-order valence-corrected chi connectivity index (χ4v) is 1.51. The number of halogens is 1. The van der Waals surface area contributed by atoms with E-state index in [4.69, 9.17) is 5.11 Å². The molecule has 0 atom stereocenters. The summed E-state index contributed by atoms with van der Waals surface area (Å²) in [5.41, 5.74) is 0.871. The van der Waals surface area contributed by atoms with Crippen molar-refractivity contribution in [3.05, 3.63) is 34.6 Å². The third-order valence-electron chi connectivity index (χ3n) is 2.32. The van der Waals surface area contributed by atoms with Gasteiger partial charge in [-0.3, -0.25) is 4.79 Å². The Morgan fingerprint density at radius 2 is 2.00 bits per heavy atom. The van der Waals surface area contributed by atoms with Gasteiger partial charge in [0.2, 0.25) is 0 Å². The first-order valence-corrected chi connectivity index (χ1v) is 4.54. The molecule has 1 N–H and O–H groups in total. The van der Waals surface area contributed by atoms with E-state index in [0.717, 1.165) is 6.07 Å². The SMILES string of the molecule is CCc1c(C(=O)C(=O)O)ccc(F)c1C. The zero-order valence-electron chi connectivity index (χ0n) is 8.50. The Morgan fingerprint density at radius 1 is 1.40 bits per heavy atom. The highest BCUT2D eigenvalue weighted by Crippen LogP contribution is 2.18. The summed E-state index contributed by atoms with van der Waals surface area (Å²) in [6.45, 7) is 3.28. The third-order valence-corrected chi connectivity index (χ3v) is 2.32. The van der Waals surface area contributed by atoms with Gasteiger partial charge in [-0.25, -0.2) is 9.18 Å². The van der Waals surface area contributed by atoms with Gasteiger partial charge in [-0.2, -0.15) is 0 Å². The molecule has 0 saturated carbocycles. The quantitative estimate of drug-likeness (QED) is 0.613. The number of Topliss-reactive ketones (excluding diaryl/α,β-unsaturated/α-hetero) is 1. The zero-order valence-corrected chi connectivity index (χ0v) is 8.50. The van der Waals surface area contributed by atoms with Crippen LogP contribution in [0.15, 0.2) is 12.1 Å². The first-order valence-electron chi connectivity index (χ1n) is 4.54. The molecule has 0 aromatic heterocycles. The standard InChI is InChI=1S/C11H11FO3/c1-3-7-6(2)9(12)5-4-8(7)10(13)11(14)15/h4-5H,3H2,1-2H3,(H,14,15). The van der Waals surface area contributed by atoms with Crippen LogP contribution >= 0.6 is 0 Å². The number of benzene rings is 1. The maximum atomic E-state index is 13.2. The Labute approximate surface area is 86.5 Å². The molecule has 80 valence electrons. The van der Waals surface area contributed by atoms with Gasteiger partial charge in [0.25, 0.3) is 5.78 Å². The number of aliphatic carboxylic acids is 1. The van der Waals surface area contributed by atoms with E-state index in [1.54, 1.807) is 6.92 Å². The topological polar surface area (TPSA) is 54.4 Å². The molecule has 0 aliphatic carbocycles. The number of carboxylic acids is 1. The number of carboxylic acid groups (broad SMARTS) is 1. The average molecular weight is 210 g/mol. The van der Waals surface area contributed by atoms with Gasteiger partial charge < -0.3 is 5.11 Å². The second-order valence-electron chi connectivity index (χ2n) is 3.19. The molecule has 0 aliphatic rings. The van der Waals surface area contributed by atoms with Crippen molar-refractivity contribution < 1.29 is 19.1 Å². The van der Waals surface area contributed by atoms with E-state index in [2.05, 4.69) is 0 Å². The molecule has 0 spiro atoms. The summed E-state index contributed by atoms with van der Waals surface area (Å²) >= 11 is 0. The lowest BCUT2D eigenvalue weighted by Gasteiger charge is -2.08. The van der Waals surface area contributed by atoms with Crippen LogP contribution in [-0.2, 0) is 11.2 Å². The van der Waals surface area contributed by atoms with E-state index < -0.39 is 17.6 Å². The maximum Gasteiger partial charge on any atom is 0.377 e. The van der Waals surface area contributed by atoms with Gasteiger partial charge in [-0.05, 0) is 36.6 Å². The lowest BCUT2D eigenvalue weighted by Crippen LogP contribution is -2.16. The summed E-state index contributed by atoms with van der Waals surface area (Å²) in [6.07, 6.45) is 0.429. The Morgan fingerprint density at radius 3 is 2.47 bits per heavy atom. The summed E-state index contributed by atoms with van der Waals surface area (Å²) in [4.78, 5) is 21.8. The average Bonchev–Trinajstić information content (AvgIpc) is 2.20. The fourth-order valence-electron chi connectivity index (χ4n) is 1.51. The molecule has 1 rings (SSSR count). The second-order valence-corrected chi connectivity index (χ2v) is 3.19. The van der Waals surface area contributed by atoms with E-state index >= 15 is 0 Å². The van der Waals surface area contributed by atoms with Crippen molar-refractivity contribution in [3.8, 4) is 0 Å². The van der Waals surface area contributed by atoms with Gasteiger partial charge >= 0.3 is 5.97 Å². The van der Waals surface area contributed by atoms with Crippen LogP contribution in [0.3, 0.4) is 0 Å². The van der Waals surface area contributed by atoms with Gasteiger partial charge in [0.05, 0.1) is 0 Å². The van der Waals surface area contributed by atoms with Crippen LogP contribution in [0.4, 0.5) is 4.39 Å². The number of rotatable bonds is 3. The predicted molar refractivity (Wildman–Crippen MR) is 52.5 cm³/mol. The highest BCUT2D eigenvalue weighted by molar-refractivity contribution is 6.40. The van der Waals surface area contributed by atoms with Crippen LogP contribution in [-0.4, -0.2) is 16.9 Å². The molecule has 0 aliphatic heterocycles. The lowest BCUT2D eigenvalue weighted by atomic mass is 9.96. The van der Waals surface area contributed by atoms with E-state index in [1.807, 2.05) is 0 Å². The van der Waals surface area contributed by atoms with Gasteiger partial charge in [0.15, 0.2) is 0 Å². The van der Waals surface area contributed by atoms with E-state index in [0.29, 0.717) is 17.5 Å². The summed E-state index contributed by atoms with van der Waals surface area (Å²) in [5, 5.41) is 8.57. The van der Waals surface area contributed by atoms with Crippen LogP contribution in [0, 0.1) is 12.7 Å². The molecular formula is C11H11FO3.